The zero-order valence-electron chi connectivity index (χ0n) is 31.4. The molecule has 294 valence electrons. The molecule has 5 rings (SSSR count). The first-order valence-corrected chi connectivity index (χ1v) is 19.5. The van der Waals surface area contributed by atoms with E-state index in [9.17, 15) is 33.0 Å². The average Bonchev–Trinajstić information content (AvgIpc) is 3.19. The Morgan fingerprint density at radius 2 is 1.75 bits per heavy atom. The fourth-order valence-corrected chi connectivity index (χ4v) is 7.69. The number of pyridine rings is 1. The monoisotopic (exact) mass is 782 g/mol. The van der Waals surface area contributed by atoms with E-state index < -0.39 is 21.8 Å². The van der Waals surface area contributed by atoms with Crippen molar-refractivity contribution in [3.63, 3.8) is 0 Å². The van der Waals surface area contributed by atoms with E-state index in [4.69, 9.17) is 10.5 Å². The smallest absolute Gasteiger partial charge is 0.253 e. The van der Waals surface area contributed by atoms with E-state index in [2.05, 4.69) is 20.9 Å². The van der Waals surface area contributed by atoms with E-state index in [1.807, 2.05) is 0 Å². The number of aromatic hydroxyl groups is 1. The number of aliphatic hydroxyl groups is 1. The van der Waals surface area contributed by atoms with Crippen LogP contribution in [0.2, 0.25) is 0 Å². The first-order valence-electron chi connectivity index (χ1n) is 18.0. The Morgan fingerprint density at radius 3 is 2.50 bits per heavy atom. The zero-order chi connectivity index (χ0) is 40.4. The van der Waals surface area contributed by atoms with Gasteiger partial charge in [0.05, 0.1) is 45.5 Å². The number of carbonyl (C=O) groups is 3. The molecule has 14 nitrogen and oxygen atoms in total. The molecule has 0 aliphatic carbocycles. The van der Waals surface area contributed by atoms with Gasteiger partial charge in [-0.1, -0.05) is 31.0 Å². The lowest BCUT2D eigenvalue weighted by molar-refractivity contribution is -0.105. The second kappa shape index (κ2) is 18.5. The summed E-state index contributed by atoms with van der Waals surface area (Å²) in [6, 6.07) is 20.5. The van der Waals surface area contributed by atoms with E-state index in [0.717, 1.165) is 25.7 Å². The Morgan fingerprint density at radius 1 is 0.982 bits per heavy atom. The Kier molecular flexibility index (Phi) is 13.6. The highest BCUT2D eigenvalue weighted by Crippen LogP contribution is 2.35. The number of ether oxygens (including phenoxy) is 1. The number of sulfone groups is 1. The van der Waals surface area contributed by atoms with Crippen molar-refractivity contribution >= 4 is 56.0 Å². The average molecular weight is 783 g/mol. The van der Waals surface area contributed by atoms with Gasteiger partial charge in [-0.05, 0) is 92.0 Å². The Labute approximate surface area is 325 Å². The summed E-state index contributed by atoms with van der Waals surface area (Å²) in [6.45, 7) is 3.18. The molecule has 15 heteroatoms. The standard InChI is InChI=1S/C41H46N6O8S/c1-26-18-32(22-33-38(26)44-23-34(40(42)51)39(33)46-29-11-9-12-30(21-29)55-3)56(53,54)31-13-8-10-28(19-31)41(52)47(2)17-7-5-4-6-16-43-24-37(50)27-14-15-36(49)35(20-27)45-25-48/h8-15,18-23,25,37,43,49-50H,4-7,16-17,24H2,1-3H3,(H2,42,51)(H,44,46)(H,45,48)/t37-/m0/s1. The number of rotatable bonds is 19. The molecule has 0 unspecified atom stereocenters. The number of hydrogen-bond acceptors (Lipinski definition) is 11. The van der Waals surface area contributed by atoms with Crippen LogP contribution in [0.5, 0.6) is 11.5 Å². The quantitative estimate of drug-likeness (QED) is 0.0352. The van der Waals surface area contributed by atoms with Crippen LogP contribution in [0.15, 0.2) is 94.9 Å². The molecule has 0 radical (unpaired) electrons. The molecule has 1 atom stereocenters. The van der Waals surface area contributed by atoms with Crippen LogP contribution < -0.4 is 26.4 Å². The van der Waals surface area contributed by atoms with Crippen LogP contribution >= 0.6 is 0 Å². The molecule has 5 aromatic rings. The van der Waals surface area contributed by atoms with Crippen molar-refractivity contribution in [2.45, 2.75) is 48.5 Å². The molecule has 56 heavy (non-hydrogen) atoms. The molecule has 3 amide bonds. The van der Waals surface area contributed by atoms with Gasteiger partial charge in [-0.15, -0.1) is 0 Å². The summed E-state index contributed by atoms with van der Waals surface area (Å²) in [4.78, 5) is 42.5. The first-order chi connectivity index (χ1) is 26.8. The third kappa shape index (κ3) is 9.79. The number of phenols is 1. The molecule has 0 fully saturated rings. The molecular weight excluding hydrogens is 737 g/mol. The van der Waals surface area contributed by atoms with Crippen molar-refractivity contribution in [1.29, 1.82) is 0 Å². The van der Waals surface area contributed by atoms with Gasteiger partial charge in [0.1, 0.15) is 11.5 Å². The number of hydrogen-bond donors (Lipinski definition) is 6. The van der Waals surface area contributed by atoms with Crippen LogP contribution in [-0.2, 0) is 14.6 Å². The Bertz CT molecular complexity index is 2340. The van der Waals surface area contributed by atoms with Crippen molar-refractivity contribution in [2.75, 3.05) is 44.4 Å². The molecular formula is C41H46N6O8S. The number of amides is 3. The molecule has 0 aliphatic rings. The zero-order valence-corrected chi connectivity index (χ0v) is 32.2. The highest BCUT2D eigenvalue weighted by molar-refractivity contribution is 7.91. The molecule has 1 heterocycles. The summed E-state index contributed by atoms with van der Waals surface area (Å²) in [5.74, 6) is -0.566. The number of nitrogens with zero attached hydrogens (tertiary/aromatic N) is 2. The minimum atomic E-state index is -4.14. The van der Waals surface area contributed by atoms with Gasteiger partial charge in [-0.3, -0.25) is 19.4 Å². The molecule has 0 saturated heterocycles. The number of aromatic nitrogens is 1. The second-order valence-electron chi connectivity index (χ2n) is 13.3. The number of aryl methyl sites for hydroxylation is 1. The summed E-state index contributed by atoms with van der Waals surface area (Å²) >= 11 is 0. The summed E-state index contributed by atoms with van der Waals surface area (Å²) in [7, 11) is -0.925. The van der Waals surface area contributed by atoms with Gasteiger partial charge < -0.3 is 41.5 Å². The third-order valence-corrected chi connectivity index (χ3v) is 11.1. The summed E-state index contributed by atoms with van der Waals surface area (Å²) in [6.07, 6.45) is 4.35. The van der Waals surface area contributed by atoms with Gasteiger partial charge in [0, 0.05) is 49.0 Å². The lowest BCUT2D eigenvalue weighted by Gasteiger charge is -2.18. The number of benzene rings is 4. The Balaban J connectivity index is 1.20. The van der Waals surface area contributed by atoms with Crippen LogP contribution in [0.4, 0.5) is 17.1 Å². The van der Waals surface area contributed by atoms with E-state index >= 15 is 0 Å². The maximum absolute atomic E-state index is 14.1. The third-order valence-electron chi connectivity index (χ3n) is 9.34. The number of methoxy groups -OCH3 is 1. The largest absolute Gasteiger partial charge is 0.506 e. The van der Waals surface area contributed by atoms with Crippen LogP contribution in [0, 0.1) is 6.92 Å². The van der Waals surface area contributed by atoms with Crippen LogP contribution in [0.25, 0.3) is 10.9 Å². The lowest BCUT2D eigenvalue weighted by atomic mass is 10.1. The van der Waals surface area contributed by atoms with Crippen LogP contribution in [0.1, 0.15) is 63.6 Å². The molecule has 7 N–H and O–H groups in total. The van der Waals surface area contributed by atoms with Crippen molar-refractivity contribution in [3.8, 4) is 11.5 Å². The van der Waals surface area contributed by atoms with Crippen molar-refractivity contribution in [1.82, 2.24) is 15.2 Å². The number of nitrogens with two attached hydrogens (primary N) is 1. The number of fused-ring (bicyclic) bond motifs is 1. The topological polar surface area (TPSA) is 213 Å². The van der Waals surface area contributed by atoms with E-state index in [1.165, 1.54) is 55.8 Å². The molecule has 0 bridgehead atoms. The predicted molar refractivity (Wildman–Crippen MR) is 214 cm³/mol. The maximum Gasteiger partial charge on any atom is 0.253 e. The molecule has 4 aromatic carbocycles. The van der Waals surface area contributed by atoms with Gasteiger partial charge in [-0.2, -0.15) is 0 Å². The number of carbonyl (C=O) groups excluding carboxylic acids is 3. The molecule has 0 saturated carbocycles. The number of unbranched alkanes of at least 4 members (excludes halogenated alkanes) is 3. The number of primary amides is 1. The van der Waals surface area contributed by atoms with E-state index in [1.54, 1.807) is 55.3 Å². The lowest BCUT2D eigenvalue weighted by Crippen LogP contribution is -2.28. The van der Waals surface area contributed by atoms with Gasteiger partial charge in [-0.25, -0.2) is 8.42 Å². The number of phenolic OH excluding ortho intramolecular Hbond substituents is 1. The van der Waals surface area contributed by atoms with Crippen molar-refractivity contribution < 1.29 is 37.8 Å². The number of anilines is 3. The van der Waals surface area contributed by atoms with Gasteiger partial charge in [0.25, 0.3) is 11.8 Å². The van der Waals surface area contributed by atoms with Crippen molar-refractivity contribution in [2.24, 2.45) is 5.73 Å². The van der Waals surface area contributed by atoms with E-state index in [0.29, 0.717) is 65.2 Å². The normalized spacial score (nSPS) is 11.9. The highest BCUT2D eigenvalue weighted by atomic mass is 32.2. The minimum absolute atomic E-state index is 0.0389. The SMILES string of the molecule is COc1cccc(Nc2c(C(N)=O)cnc3c(C)cc(S(=O)(=O)c4cccc(C(=O)N(C)CCCCCCNC[C@H](O)c5ccc(O)c(NC=O)c5)c4)cc23)c1. The maximum atomic E-state index is 14.1. The fourth-order valence-electron chi connectivity index (χ4n) is 6.27. The highest BCUT2D eigenvalue weighted by Gasteiger charge is 2.24. The molecule has 1 aromatic heterocycles. The van der Waals surface area contributed by atoms with Gasteiger partial charge in [0.2, 0.25) is 16.2 Å². The summed E-state index contributed by atoms with van der Waals surface area (Å²) in [5.41, 5.74) is 8.73. The van der Waals surface area contributed by atoms with Crippen LogP contribution in [0.3, 0.4) is 0 Å². The number of nitrogens with one attached hydrogen (secondary N) is 3. The molecule has 0 aliphatic heterocycles. The summed E-state index contributed by atoms with van der Waals surface area (Å²) in [5, 5.41) is 29.4. The van der Waals surface area contributed by atoms with E-state index in [-0.39, 0.29) is 38.3 Å². The minimum Gasteiger partial charge on any atom is -0.506 e. The molecule has 0 spiro atoms. The number of aliphatic hydroxyl groups excluding tert-OH is 1. The van der Waals surface area contributed by atoms with Crippen molar-refractivity contribution in [3.05, 3.63) is 107 Å². The first kappa shape index (κ1) is 41.1. The fraction of sp³-hybridized carbons (Fsp3) is 0.268. The van der Waals surface area contributed by atoms with Gasteiger partial charge in [0.15, 0.2) is 0 Å². The van der Waals surface area contributed by atoms with Crippen LogP contribution in [-0.4, -0.2) is 80.5 Å². The Hall–Kier alpha value is -6.03. The summed E-state index contributed by atoms with van der Waals surface area (Å²) < 4.78 is 33.5. The van der Waals surface area contributed by atoms with Gasteiger partial charge >= 0.3 is 0 Å². The predicted octanol–water partition coefficient (Wildman–Crippen LogP) is 5.46. The second-order valence-corrected chi connectivity index (χ2v) is 15.3.